The van der Waals surface area contributed by atoms with Gasteiger partial charge in [0.25, 0.3) is 5.13 Å². The van der Waals surface area contributed by atoms with Crippen molar-refractivity contribution in [3.63, 3.8) is 0 Å². The zero-order valence-corrected chi connectivity index (χ0v) is 21.3. The third kappa shape index (κ3) is 7.33. The number of hydrogen-bond acceptors (Lipinski definition) is 11. The number of azo groups is 1. The van der Waals surface area contributed by atoms with Crippen molar-refractivity contribution < 1.29 is 35.9 Å². The molecule has 1 atom stereocenters. The van der Waals surface area contributed by atoms with E-state index in [0.717, 1.165) is 23.3 Å². The van der Waals surface area contributed by atoms with Gasteiger partial charge in [0.2, 0.25) is 15.0 Å². The van der Waals surface area contributed by atoms with Crippen LogP contribution in [0.25, 0.3) is 0 Å². The highest BCUT2D eigenvalue weighted by atomic mass is 32.2. The van der Waals surface area contributed by atoms with Crippen LogP contribution in [0.5, 0.6) is 0 Å². The van der Waals surface area contributed by atoms with Crippen LogP contribution in [0.2, 0.25) is 0 Å². The van der Waals surface area contributed by atoms with Crippen molar-refractivity contribution in [3.05, 3.63) is 22.7 Å². The van der Waals surface area contributed by atoms with Crippen LogP contribution in [0.3, 0.4) is 0 Å². The number of hydrogen-bond donors (Lipinski definition) is 1. The number of alkyl halides is 3. The van der Waals surface area contributed by atoms with E-state index in [0.29, 0.717) is 18.7 Å². The lowest BCUT2D eigenvalue weighted by atomic mass is 9.95. The quantitative estimate of drug-likeness (QED) is 0.264. The zero-order chi connectivity index (χ0) is 26.5. The molecule has 2 heterocycles. The predicted molar refractivity (Wildman–Crippen MR) is 127 cm³/mol. The van der Waals surface area contributed by atoms with Crippen LogP contribution in [0.1, 0.15) is 35.6 Å². The molecule has 0 spiro atoms. The van der Waals surface area contributed by atoms with Crippen molar-refractivity contribution in [1.82, 2.24) is 10.2 Å². The summed E-state index contributed by atoms with van der Waals surface area (Å²) in [5, 5.41) is 15.2. The lowest BCUT2D eigenvalue weighted by molar-refractivity contribution is -0.106. The van der Waals surface area contributed by atoms with E-state index < -0.39 is 27.9 Å². The van der Waals surface area contributed by atoms with Gasteiger partial charge in [0.15, 0.2) is 5.75 Å². The number of carbonyl (C=O) groups excluding carboxylic acids is 1. The van der Waals surface area contributed by atoms with Crippen molar-refractivity contribution in [1.29, 1.82) is 0 Å². The molecule has 198 valence electrons. The lowest BCUT2D eigenvalue weighted by Gasteiger charge is -2.36. The topological polar surface area (TPSA) is 135 Å². The molecule has 2 aromatic rings. The molecule has 0 aliphatic carbocycles. The normalized spacial score (nSPS) is 16.3. The van der Waals surface area contributed by atoms with E-state index in [4.69, 9.17) is 9.47 Å². The molecule has 1 aliphatic heterocycles. The molecular weight excluding hydrogens is 525 g/mol. The maximum absolute atomic E-state index is 12.8. The molecule has 1 aromatic heterocycles. The first-order valence-electron chi connectivity index (χ1n) is 10.8. The molecule has 11 nitrogen and oxygen atoms in total. The molecule has 0 amide bonds. The van der Waals surface area contributed by atoms with Gasteiger partial charge in [-0.25, -0.2) is 13.2 Å². The minimum absolute atomic E-state index is 0.00419. The third-order valence-electron chi connectivity index (χ3n) is 5.18. The molecule has 1 N–H and O–H groups in total. The highest BCUT2D eigenvalue weighted by Gasteiger charge is 2.36. The average molecular weight is 551 g/mol. The first-order chi connectivity index (χ1) is 16.9. The van der Waals surface area contributed by atoms with Crippen molar-refractivity contribution in [3.8, 4) is 0 Å². The molecule has 0 bridgehead atoms. The smallest absolute Gasteiger partial charge is 0.404 e. The van der Waals surface area contributed by atoms with E-state index in [1.54, 1.807) is 6.07 Å². The van der Waals surface area contributed by atoms with Gasteiger partial charge in [-0.05, 0) is 44.4 Å². The van der Waals surface area contributed by atoms with Gasteiger partial charge in [0.05, 0.1) is 12.3 Å². The van der Waals surface area contributed by atoms with Crippen molar-refractivity contribution >= 4 is 49.5 Å². The Kier molecular flexibility index (Phi) is 8.84. The van der Waals surface area contributed by atoms with Gasteiger partial charge in [-0.15, -0.1) is 20.4 Å². The second kappa shape index (κ2) is 11.5. The molecule has 36 heavy (non-hydrogen) atoms. The fourth-order valence-corrected chi connectivity index (χ4v) is 5.19. The number of ether oxygens (including phenoxy) is 2. The first-order valence-corrected chi connectivity index (χ1v) is 13.3. The van der Waals surface area contributed by atoms with E-state index in [2.05, 4.69) is 20.4 Å². The van der Waals surface area contributed by atoms with E-state index in [1.165, 1.54) is 13.2 Å². The fraction of sp³-hybridized carbons (Fsp3) is 0.550. The monoisotopic (exact) mass is 550 g/mol. The van der Waals surface area contributed by atoms with Gasteiger partial charge >= 0.3 is 12.1 Å². The molecular formula is C20H25F3N6O5S2. The summed E-state index contributed by atoms with van der Waals surface area (Å²) >= 11 is 0.785. The van der Waals surface area contributed by atoms with Crippen LogP contribution in [0.4, 0.5) is 35.4 Å². The number of aryl methyl sites for hydroxylation is 1. The highest BCUT2D eigenvalue weighted by molar-refractivity contribution is 7.92. The standard InChI is InChI=1S/C20H25F3N6O5S2/c1-4-29-12(2)5-6-13-9-14(15(10-16(13)29)28-36(31,32)11-20(21,22)23)24-26-19-27-25-17(35-19)18(30)34-8-7-33-3/h9-10,12,28H,4-8,11H2,1-3H3. The number of halogens is 3. The Bertz CT molecular complexity index is 1220. The maximum Gasteiger partial charge on any atom is 0.404 e. The van der Waals surface area contributed by atoms with E-state index in [1.807, 2.05) is 23.5 Å². The second-order valence-electron chi connectivity index (χ2n) is 7.87. The summed E-state index contributed by atoms with van der Waals surface area (Å²) < 4.78 is 74.6. The number of fused-ring (bicyclic) bond motifs is 1. The second-order valence-corrected chi connectivity index (χ2v) is 10.5. The summed E-state index contributed by atoms with van der Waals surface area (Å²) in [5.74, 6) is -2.78. The number of methoxy groups -OCH3 is 1. The largest absolute Gasteiger partial charge is 0.458 e. The molecule has 0 fully saturated rings. The number of carbonyl (C=O) groups is 1. The number of benzene rings is 1. The van der Waals surface area contributed by atoms with Crippen LogP contribution in [0, 0.1) is 0 Å². The molecule has 0 saturated heterocycles. The van der Waals surface area contributed by atoms with Crippen LogP contribution in [-0.2, 0) is 25.9 Å². The van der Waals surface area contributed by atoms with Gasteiger partial charge in [-0.2, -0.15) is 13.2 Å². The summed E-state index contributed by atoms with van der Waals surface area (Å²) in [4.78, 5) is 14.0. The summed E-state index contributed by atoms with van der Waals surface area (Å²) in [7, 11) is -3.32. The first kappa shape index (κ1) is 27.7. The minimum Gasteiger partial charge on any atom is -0.458 e. The molecule has 16 heteroatoms. The van der Waals surface area contributed by atoms with Gasteiger partial charge in [0.1, 0.15) is 12.3 Å². The number of sulfonamides is 1. The van der Waals surface area contributed by atoms with Gasteiger partial charge in [-0.3, -0.25) is 4.72 Å². The Morgan fingerprint density at radius 3 is 2.69 bits per heavy atom. The zero-order valence-electron chi connectivity index (χ0n) is 19.7. The average Bonchev–Trinajstić information content (AvgIpc) is 3.25. The number of nitrogens with one attached hydrogen (secondary N) is 1. The van der Waals surface area contributed by atoms with Gasteiger partial charge < -0.3 is 14.4 Å². The van der Waals surface area contributed by atoms with E-state index in [-0.39, 0.29) is 40.8 Å². The number of anilines is 2. The van der Waals surface area contributed by atoms with Crippen LogP contribution in [-0.4, -0.2) is 69.4 Å². The van der Waals surface area contributed by atoms with Crippen molar-refractivity contribution in [2.75, 3.05) is 42.2 Å². The Morgan fingerprint density at radius 1 is 1.28 bits per heavy atom. The van der Waals surface area contributed by atoms with Crippen molar-refractivity contribution in [2.24, 2.45) is 10.2 Å². The van der Waals surface area contributed by atoms with Gasteiger partial charge in [-0.1, -0.05) is 11.3 Å². The maximum atomic E-state index is 12.8. The Labute approximate surface area is 209 Å². The molecule has 0 radical (unpaired) electrons. The number of esters is 1. The van der Waals surface area contributed by atoms with E-state index in [9.17, 15) is 26.4 Å². The fourth-order valence-electron chi connectivity index (χ4n) is 3.63. The Hall–Kier alpha value is -2.85. The Balaban J connectivity index is 1.93. The van der Waals surface area contributed by atoms with E-state index >= 15 is 0 Å². The number of nitrogens with zero attached hydrogens (tertiary/aromatic N) is 5. The molecule has 1 aliphatic rings. The SMILES string of the molecule is CCN1c2cc(NS(=O)(=O)CC(F)(F)F)c(N=Nc3nnc(C(=O)OCCOC)s3)cc2CCC1C. The molecule has 0 saturated carbocycles. The van der Waals surface area contributed by atoms with Crippen LogP contribution < -0.4 is 9.62 Å². The Morgan fingerprint density at radius 2 is 2.03 bits per heavy atom. The summed E-state index contributed by atoms with van der Waals surface area (Å²) in [5.41, 5.74) is 1.40. The number of aromatic nitrogens is 2. The highest BCUT2D eigenvalue weighted by Crippen LogP contribution is 2.40. The van der Waals surface area contributed by atoms with Crippen LogP contribution >= 0.6 is 11.3 Å². The molecule has 3 rings (SSSR count). The van der Waals surface area contributed by atoms with Crippen molar-refractivity contribution in [2.45, 2.75) is 38.9 Å². The summed E-state index contributed by atoms with van der Waals surface area (Å²) in [6.45, 7) is 4.80. The number of rotatable bonds is 10. The third-order valence-corrected chi connectivity index (χ3v) is 7.21. The van der Waals surface area contributed by atoms with Crippen LogP contribution in [0.15, 0.2) is 22.4 Å². The van der Waals surface area contributed by atoms with Gasteiger partial charge in [0, 0.05) is 25.4 Å². The predicted octanol–water partition coefficient (Wildman–Crippen LogP) is 4.22. The molecule has 1 unspecified atom stereocenters. The molecule has 1 aromatic carbocycles. The lowest BCUT2D eigenvalue weighted by Crippen LogP contribution is -2.37. The summed E-state index contributed by atoms with van der Waals surface area (Å²) in [6.07, 6.45) is -3.42. The summed E-state index contributed by atoms with van der Waals surface area (Å²) in [6, 6.07) is 3.22. The minimum atomic E-state index is -4.92.